The van der Waals surface area contributed by atoms with Crippen LogP contribution in [0.3, 0.4) is 0 Å². The van der Waals surface area contributed by atoms with Gasteiger partial charge in [0, 0.05) is 23.1 Å². The highest BCUT2D eigenvalue weighted by atomic mass is 16.2. The molecule has 2 aromatic carbocycles. The van der Waals surface area contributed by atoms with Crippen LogP contribution in [-0.4, -0.2) is 60.2 Å². The van der Waals surface area contributed by atoms with Gasteiger partial charge in [-0.3, -0.25) is 10.1 Å². The number of aromatic nitrogens is 2. The monoisotopic (exact) mass is 530 g/mol. The fourth-order valence-corrected chi connectivity index (χ4v) is 5.08. The summed E-state index contributed by atoms with van der Waals surface area (Å²) in [4.78, 5) is 28.2. The van der Waals surface area contributed by atoms with Crippen LogP contribution in [0.1, 0.15) is 56.4 Å². The van der Waals surface area contributed by atoms with Crippen molar-refractivity contribution in [2.75, 3.05) is 44.4 Å². The zero-order valence-electron chi connectivity index (χ0n) is 24.0. The van der Waals surface area contributed by atoms with Crippen molar-refractivity contribution in [3.05, 3.63) is 71.4 Å². The molecule has 208 valence electrons. The molecule has 0 spiro atoms. The lowest BCUT2D eigenvalue weighted by Crippen LogP contribution is -2.36. The number of hydrogen-bond acceptors (Lipinski definition) is 5. The first kappa shape index (κ1) is 28.5. The molecule has 39 heavy (non-hydrogen) atoms. The van der Waals surface area contributed by atoms with Gasteiger partial charge in [0.15, 0.2) is 5.78 Å². The van der Waals surface area contributed by atoms with Gasteiger partial charge in [0.2, 0.25) is 0 Å². The van der Waals surface area contributed by atoms with Crippen LogP contribution in [0, 0.1) is 12.8 Å². The summed E-state index contributed by atoms with van der Waals surface area (Å²) in [6, 6.07) is 17.3. The number of Topliss-reactive ketones (excluding diaryl/α,β-unsaturated/α-hetero) is 1. The molecule has 3 aromatic rings. The summed E-state index contributed by atoms with van der Waals surface area (Å²) in [5, 5.41) is 14.1. The lowest BCUT2D eigenvalue weighted by molar-refractivity contribution is -0.122. The van der Waals surface area contributed by atoms with Crippen LogP contribution >= 0.6 is 0 Å². The Hall–Kier alpha value is -3.49. The number of urea groups is 1. The second-order valence-electron chi connectivity index (χ2n) is 11.9. The normalized spacial score (nSPS) is 15.3. The number of amides is 2. The van der Waals surface area contributed by atoms with Crippen molar-refractivity contribution in [1.82, 2.24) is 20.0 Å². The SMILES string of the molecule is Cc1ccc(-n2nc(C(C)(C)C)cc2NC(=O)Nc2ccc(C(C(=O)CN(C)C)C3CCNCC3)cc2)cc1. The van der Waals surface area contributed by atoms with E-state index >= 15 is 0 Å². The first-order valence-electron chi connectivity index (χ1n) is 13.7. The predicted octanol–water partition coefficient (Wildman–Crippen LogP) is 5.34. The van der Waals surface area contributed by atoms with Crippen molar-refractivity contribution in [3.8, 4) is 5.69 Å². The van der Waals surface area contributed by atoms with Gasteiger partial charge in [-0.15, -0.1) is 0 Å². The lowest BCUT2D eigenvalue weighted by atomic mass is 9.78. The molecular weight excluding hydrogens is 488 g/mol. The Morgan fingerprint density at radius 2 is 1.67 bits per heavy atom. The smallest absolute Gasteiger partial charge is 0.317 e. The molecule has 2 amide bonds. The molecule has 1 atom stereocenters. The molecule has 0 radical (unpaired) electrons. The fraction of sp³-hybridized carbons (Fsp3) is 0.452. The number of nitrogens with zero attached hydrogens (tertiary/aromatic N) is 3. The molecule has 1 fully saturated rings. The Morgan fingerprint density at radius 3 is 2.26 bits per heavy atom. The van der Waals surface area contributed by atoms with Crippen molar-refractivity contribution in [2.24, 2.45) is 5.92 Å². The van der Waals surface area contributed by atoms with E-state index in [0.717, 1.165) is 48.4 Å². The van der Waals surface area contributed by atoms with Crippen LogP contribution in [0.25, 0.3) is 5.69 Å². The van der Waals surface area contributed by atoms with E-state index < -0.39 is 0 Å². The number of aryl methyl sites for hydroxylation is 1. The predicted molar refractivity (Wildman–Crippen MR) is 158 cm³/mol. The molecular formula is C31H42N6O2. The average molecular weight is 531 g/mol. The number of carbonyl (C=O) groups excluding carboxylic acids is 2. The average Bonchev–Trinajstić information content (AvgIpc) is 3.30. The first-order chi connectivity index (χ1) is 18.5. The number of anilines is 2. The Labute approximate surface area is 232 Å². The minimum atomic E-state index is -0.352. The largest absolute Gasteiger partial charge is 0.324 e. The van der Waals surface area contributed by atoms with E-state index in [1.807, 2.05) is 80.5 Å². The van der Waals surface area contributed by atoms with E-state index in [4.69, 9.17) is 5.10 Å². The van der Waals surface area contributed by atoms with Crippen LogP contribution in [0.4, 0.5) is 16.3 Å². The standard InChI is InChI=1S/C31H42N6O2/c1-21-7-13-25(14-8-21)37-28(19-27(35-37)31(2,3)4)34-30(39)33-24-11-9-22(10-12-24)29(26(38)20-36(5)6)23-15-17-32-18-16-23/h7-14,19,23,29,32H,15-18,20H2,1-6H3,(H2,33,34,39). The quantitative estimate of drug-likeness (QED) is 0.366. The van der Waals surface area contributed by atoms with Crippen molar-refractivity contribution < 1.29 is 9.59 Å². The molecule has 0 bridgehead atoms. The summed E-state index contributed by atoms with van der Waals surface area (Å²) < 4.78 is 1.77. The fourth-order valence-electron chi connectivity index (χ4n) is 5.08. The molecule has 8 heteroatoms. The molecule has 4 rings (SSSR count). The van der Waals surface area contributed by atoms with E-state index in [-0.39, 0.29) is 23.1 Å². The van der Waals surface area contributed by atoms with Gasteiger partial charge in [-0.1, -0.05) is 50.6 Å². The maximum atomic E-state index is 13.2. The van der Waals surface area contributed by atoms with Gasteiger partial charge < -0.3 is 15.5 Å². The number of benzene rings is 2. The molecule has 1 aliphatic heterocycles. The summed E-state index contributed by atoms with van der Waals surface area (Å²) in [6.07, 6.45) is 1.97. The highest BCUT2D eigenvalue weighted by Gasteiger charge is 2.31. The van der Waals surface area contributed by atoms with Crippen LogP contribution < -0.4 is 16.0 Å². The zero-order chi connectivity index (χ0) is 28.2. The van der Waals surface area contributed by atoms with Gasteiger partial charge in [-0.2, -0.15) is 5.10 Å². The van der Waals surface area contributed by atoms with Crippen LogP contribution in [0.15, 0.2) is 54.6 Å². The van der Waals surface area contributed by atoms with Crippen LogP contribution in [0.2, 0.25) is 0 Å². The Morgan fingerprint density at radius 1 is 1.03 bits per heavy atom. The molecule has 1 aliphatic rings. The number of hydrogen-bond donors (Lipinski definition) is 3. The van der Waals surface area contributed by atoms with Crippen LogP contribution in [0.5, 0.6) is 0 Å². The zero-order valence-corrected chi connectivity index (χ0v) is 24.0. The molecule has 2 heterocycles. The second kappa shape index (κ2) is 12.1. The Kier molecular flexibility index (Phi) is 8.87. The maximum absolute atomic E-state index is 13.2. The van der Waals surface area contributed by atoms with Gasteiger partial charge in [-0.25, -0.2) is 9.48 Å². The lowest BCUT2D eigenvalue weighted by Gasteiger charge is -2.31. The van der Waals surface area contributed by atoms with Crippen LogP contribution in [-0.2, 0) is 10.2 Å². The van der Waals surface area contributed by atoms with Gasteiger partial charge >= 0.3 is 6.03 Å². The van der Waals surface area contributed by atoms with Gasteiger partial charge in [0.05, 0.1) is 17.9 Å². The molecule has 1 saturated heterocycles. The van der Waals surface area contributed by atoms with Crippen molar-refractivity contribution in [2.45, 2.75) is 51.9 Å². The highest BCUT2D eigenvalue weighted by Crippen LogP contribution is 2.33. The summed E-state index contributed by atoms with van der Waals surface area (Å²) in [5.74, 6) is 1.01. The first-order valence-corrected chi connectivity index (χ1v) is 13.7. The van der Waals surface area contributed by atoms with E-state index in [9.17, 15) is 9.59 Å². The maximum Gasteiger partial charge on any atom is 0.324 e. The van der Waals surface area contributed by atoms with E-state index in [2.05, 4.69) is 36.7 Å². The van der Waals surface area contributed by atoms with Crippen molar-refractivity contribution >= 4 is 23.3 Å². The summed E-state index contributed by atoms with van der Waals surface area (Å²) in [6.45, 7) is 10.6. The highest BCUT2D eigenvalue weighted by molar-refractivity contribution is 5.99. The molecule has 1 unspecified atom stereocenters. The molecule has 0 aliphatic carbocycles. The van der Waals surface area contributed by atoms with E-state index in [1.54, 1.807) is 4.68 Å². The van der Waals surface area contributed by atoms with E-state index in [1.165, 1.54) is 0 Å². The second-order valence-corrected chi connectivity index (χ2v) is 11.9. The molecule has 0 saturated carbocycles. The van der Waals surface area contributed by atoms with Crippen molar-refractivity contribution in [3.63, 3.8) is 0 Å². The Balaban J connectivity index is 1.51. The number of nitrogens with one attached hydrogen (secondary N) is 3. The number of likely N-dealkylation sites (N-methyl/N-ethyl adjacent to an activating group) is 1. The number of carbonyl (C=O) groups is 2. The number of piperidine rings is 1. The molecule has 3 N–H and O–H groups in total. The summed E-state index contributed by atoms with van der Waals surface area (Å²) in [7, 11) is 3.86. The topological polar surface area (TPSA) is 91.3 Å². The number of ketones is 1. The summed E-state index contributed by atoms with van der Waals surface area (Å²) >= 11 is 0. The third-order valence-electron chi connectivity index (χ3n) is 7.20. The minimum absolute atomic E-state index is 0.142. The Bertz CT molecular complexity index is 1270. The molecule has 8 nitrogen and oxygen atoms in total. The third-order valence-corrected chi connectivity index (χ3v) is 7.20. The van der Waals surface area contributed by atoms with Crippen molar-refractivity contribution in [1.29, 1.82) is 0 Å². The van der Waals surface area contributed by atoms with Gasteiger partial charge in [-0.05, 0) is 82.7 Å². The third kappa shape index (κ3) is 7.34. The minimum Gasteiger partial charge on any atom is -0.317 e. The molecule has 1 aromatic heterocycles. The number of rotatable bonds is 8. The van der Waals surface area contributed by atoms with E-state index in [0.29, 0.717) is 24.0 Å². The van der Waals surface area contributed by atoms with Gasteiger partial charge in [0.25, 0.3) is 0 Å². The van der Waals surface area contributed by atoms with Gasteiger partial charge in [0.1, 0.15) is 5.82 Å². The summed E-state index contributed by atoms with van der Waals surface area (Å²) in [5.41, 5.74) is 4.41.